The molecule has 1 unspecified atom stereocenters. The second-order valence-corrected chi connectivity index (χ2v) is 5.03. The van der Waals surface area contributed by atoms with Gasteiger partial charge in [0.05, 0.1) is 0 Å². The van der Waals surface area contributed by atoms with Gasteiger partial charge in [0.25, 0.3) is 0 Å². The molecule has 7 nitrogen and oxygen atoms in total. The van der Waals surface area contributed by atoms with Gasteiger partial charge in [-0.25, -0.2) is 0 Å². The fourth-order valence-corrected chi connectivity index (χ4v) is 2.09. The first-order valence-electron chi connectivity index (χ1n) is 7.30. The summed E-state index contributed by atoms with van der Waals surface area (Å²) >= 11 is 0. The predicted octanol–water partition coefficient (Wildman–Crippen LogP) is 0.161. The molecule has 7 N–H and O–H groups in total. The van der Waals surface area contributed by atoms with Gasteiger partial charge in [-0.3, -0.25) is 4.99 Å². The van der Waals surface area contributed by atoms with Crippen LogP contribution in [-0.2, 0) is 0 Å². The zero-order valence-electron chi connectivity index (χ0n) is 12.5. The Morgan fingerprint density at radius 1 is 1.36 bits per heavy atom. The molecule has 0 aliphatic heterocycles. The summed E-state index contributed by atoms with van der Waals surface area (Å²) in [6.45, 7) is 2.02. The van der Waals surface area contributed by atoms with Gasteiger partial charge in [-0.15, -0.1) is 0 Å². The van der Waals surface area contributed by atoms with Gasteiger partial charge in [0, 0.05) is 30.2 Å². The summed E-state index contributed by atoms with van der Waals surface area (Å²) in [6, 6.07) is 7.88. The fraction of sp³-hybridized carbons (Fsp3) is 0.400. The van der Waals surface area contributed by atoms with Crippen LogP contribution in [0.3, 0.4) is 0 Å². The van der Waals surface area contributed by atoms with Gasteiger partial charge in [0.15, 0.2) is 5.96 Å². The van der Waals surface area contributed by atoms with E-state index in [2.05, 4.69) is 15.3 Å². The highest BCUT2D eigenvalue weighted by molar-refractivity contribution is 5.85. The van der Waals surface area contributed by atoms with Crippen LogP contribution in [0.1, 0.15) is 6.42 Å². The molecule has 1 heterocycles. The van der Waals surface area contributed by atoms with Gasteiger partial charge >= 0.3 is 0 Å². The monoisotopic (exact) mass is 305 g/mol. The molecule has 120 valence electrons. The fourth-order valence-electron chi connectivity index (χ4n) is 2.09. The Hall–Kier alpha value is -2.25. The van der Waals surface area contributed by atoms with E-state index in [-0.39, 0.29) is 12.6 Å². The van der Waals surface area contributed by atoms with Gasteiger partial charge in [-0.2, -0.15) is 0 Å². The number of para-hydroxylation sites is 1. The Morgan fingerprint density at radius 3 is 3.00 bits per heavy atom. The molecule has 1 atom stereocenters. The number of aliphatic imine (C=N–C) groups is 1. The lowest BCUT2D eigenvalue weighted by molar-refractivity contribution is 0.107. The van der Waals surface area contributed by atoms with E-state index in [0.29, 0.717) is 13.1 Å². The number of fused-ring (bicyclic) bond motifs is 1. The number of nitrogens with two attached hydrogens (primary N) is 2. The molecule has 0 spiro atoms. The largest absolute Gasteiger partial charge is 0.489 e. The zero-order valence-corrected chi connectivity index (χ0v) is 12.5. The summed E-state index contributed by atoms with van der Waals surface area (Å²) in [5.41, 5.74) is 11.5. The number of rotatable bonds is 9. The normalized spacial score (nSPS) is 12.2. The van der Waals surface area contributed by atoms with Crippen molar-refractivity contribution in [2.24, 2.45) is 16.5 Å². The molecule has 0 aliphatic carbocycles. The van der Waals surface area contributed by atoms with Crippen molar-refractivity contribution in [3.05, 3.63) is 30.5 Å². The van der Waals surface area contributed by atoms with Gasteiger partial charge < -0.3 is 31.6 Å². The van der Waals surface area contributed by atoms with Crippen molar-refractivity contribution in [2.75, 3.05) is 26.2 Å². The number of aliphatic hydroxyl groups excluding tert-OH is 1. The average molecular weight is 305 g/mol. The SMILES string of the molecule is NC(N)=NCCCNCC(O)COc1c[nH]c2ccccc12. The molecule has 0 saturated heterocycles. The van der Waals surface area contributed by atoms with Crippen LogP contribution < -0.4 is 21.5 Å². The van der Waals surface area contributed by atoms with Crippen molar-refractivity contribution in [3.63, 3.8) is 0 Å². The number of aromatic amines is 1. The van der Waals surface area contributed by atoms with Crippen molar-refractivity contribution >= 4 is 16.9 Å². The molecule has 0 aliphatic rings. The van der Waals surface area contributed by atoms with Crippen molar-refractivity contribution in [1.82, 2.24) is 10.3 Å². The summed E-state index contributed by atoms with van der Waals surface area (Å²) in [7, 11) is 0. The number of nitrogens with zero attached hydrogens (tertiary/aromatic N) is 1. The second-order valence-electron chi connectivity index (χ2n) is 5.03. The molecule has 0 radical (unpaired) electrons. The molecule has 1 aromatic carbocycles. The van der Waals surface area contributed by atoms with E-state index >= 15 is 0 Å². The number of aromatic nitrogens is 1. The van der Waals surface area contributed by atoms with E-state index in [1.807, 2.05) is 24.3 Å². The minimum absolute atomic E-state index is 0.104. The summed E-state index contributed by atoms with van der Waals surface area (Å²) in [6.07, 6.45) is 2.05. The van der Waals surface area contributed by atoms with Crippen LogP contribution >= 0.6 is 0 Å². The molecule has 0 saturated carbocycles. The number of hydrogen-bond acceptors (Lipinski definition) is 4. The maximum atomic E-state index is 9.90. The van der Waals surface area contributed by atoms with Crippen molar-refractivity contribution in [3.8, 4) is 5.75 Å². The molecule has 22 heavy (non-hydrogen) atoms. The highest BCUT2D eigenvalue weighted by Gasteiger charge is 2.08. The van der Waals surface area contributed by atoms with E-state index in [1.54, 1.807) is 6.20 Å². The van der Waals surface area contributed by atoms with Gasteiger partial charge in [0.2, 0.25) is 0 Å². The summed E-state index contributed by atoms with van der Waals surface area (Å²) in [4.78, 5) is 7.01. The number of guanidine groups is 1. The Morgan fingerprint density at radius 2 is 2.18 bits per heavy atom. The molecule has 0 amide bonds. The maximum absolute atomic E-state index is 9.90. The first-order valence-corrected chi connectivity index (χ1v) is 7.30. The smallest absolute Gasteiger partial charge is 0.185 e. The van der Waals surface area contributed by atoms with Crippen molar-refractivity contribution in [1.29, 1.82) is 0 Å². The first kappa shape index (κ1) is 16.1. The third kappa shape index (κ3) is 4.94. The highest BCUT2D eigenvalue weighted by Crippen LogP contribution is 2.24. The zero-order chi connectivity index (χ0) is 15.8. The average Bonchev–Trinajstić information content (AvgIpc) is 2.91. The van der Waals surface area contributed by atoms with Crippen LogP contribution in [0.2, 0.25) is 0 Å². The minimum Gasteiger partial charge on any atom is -0.489 e. The Kier molecular flexibility index (Phi) is 6.05. The molecule has 7 heteroatoms. The molecule has 1 aromatic heterocycles. The summed E-state index contributed by atoms with van der Waals surface area (Å²) in [5.74, 6) is 0.856. The number of ether oxygens (including phenoxy) is 1. The van der Waals surface area contributed by atoms with E-state index in [1.165, 1.54) is 0 Å². The van der Waals surface area contributed by atoms with Crippen molar-refractivity contribution < 1.29 is 9.84 Å². The summed E-state index contributed by atoms with van der Waals surface area (Å²) in [5, 5.41) is 14.1. The Balaban J connectivity index is 1.65. The molecule has 2 rings (SSSR count). The molecule has 2 aromatic rings. The first-order chi connectivity index (χ1) is 10.7. The van der Waals surface area contributed by atoms with Crippen LogP contribution in [0.5, 0.6) is 5.75 Å². The molecule has 0 bridgehead atoms. The maximum Gasteiger partial charge on any atom is 0.185 e. The van der Waals surface area contributed by atoms with Crippen molar-refractivity contribution in [2.45, 2.75) is 12.5 Å². The minimum atomic E-state index is -0.572. The van der Waals surface area contributed by atoms with E-state index in [4.69, 9.17) is 16.2 Å². The standard InChI is InChI=1S/C15H23N5O2/c16-15(17)19-7-3-6-18-8-11(21)10-22-14-9-20-13-5-2-1-4-12(13)14/h1-2,4-5,9,11,18,20-21H,3,6-8,10H2,(H4,16,17,19). The van der Waals surface area contributed by atoms with Gasteiger partial charge in [-0.05, 0) is 25.1 Å². The Labute approximate surface area is 129 Å². The van der Waals surface area contributed by atoms with Crippen LogP contribution in [0.15, 0.2) is 35.5 Å². The Bertz CT molecular complexity index is 607. The molecule has 0 fully saturated rings. The lowest BCUT2D eigenvalue weighted by Gasteiger charge is -2.12. The number of benzene rings is 1. The predicted molar refractivity (Wildman–Crippen MR) is 88.0 cm³/mol. The van der Waals surface area contributed by atoms with Crippen LogP contribution in [0.4, 0.5) is 0 Å². The quantitative estimate of drug-likeness (QED) is 0.257. The van der Waals surface area contributed by atoms with Crippen LogP contribution in [-0.4, -0.2) is 48.4 Å². The molecular formula is C15H23N5O2. The lowest BCUT2D eigenvalue weighted by Crippen LogP contribution is -2.32. The van der Waals surface area contributed by atoms with Gasteiger partial charge in [0.1, 0.15) is 18.5 Å². The second kappa shape index (κ2) is 8.26. The van der Waals surface area contributed by atoms with Crippen LogP contribution in [0, 0.1) is 0 Å². The number of aliphatic hydroxyl groups is 1. The molecular weight excluding hydrogens is 282 g/mol. The van der Waals surface area contributed by atoms with Crippen LogP contribution in [0.25, 0.3) is 10.9 Å². The third-order valence-corrected chi connectivity index (χ3v) is 3.17. The lowest BCUT2D eigenvalue weighted by atomic mass is 10.2. The number of H-pyrrole nitrogens is 1. The topological polar surface area (TPSA) is 122 Å². The number of hydrogen-bond donors (Lipinski definition) is 5. The highest BCUT2D eigenvalue weighted by atomic mass is 16.5. The van der Waals surface area contributed by atoms with E-state index in [0.717, 1.165) is 29.6 Å². The van der Waals surface area contributed by atoms with E-state index in [9.17, 15) is 5.11 Å². The summed E-state index contributed by atoms with van der Waals surface area (Å²) < 4.78 is 5.65. The third-order valence-electron chi connectivity index (χ3n) is 3.17. The van der Waals surface area contributed by atoms with Gasteiger partial charge in [-0.1, -0.05) is 12.1 Å². The number of nitrogens with one attached hydrogen (secondary N) is 2. The van der Waals surface area contributed by atoms with E-state index < -0.39 is 6.10 Å².